The minimum atomic E-state index is -0.388. The summed E-state index contributed by atoms with van der Waals surface area (Å²) in [7, 11) is 0. The van der Waals surface area contributed by atoms with Crippen LogP contribution in [0.4, 0.5) is 10.1 Å². The van der Waals surface area contributed by atoms with Crippen LogP contribution < -0.4 is 16.4 Å². The fraction of sp³-hybridized carbons (Fsp3) is 0.263. The first-order chi connectivity index (χ1) is 11.8. The second-order valence-electron chi connectivity index (χ2n) is 6.05. The van der Waals surface area contributed by atoms with Gasteiger partial charge in [0.1, 0.15) is 5.82 Å². The van der Waals surface area contributed by atoms with Gasteiger partial charge in [0, 0.05) is 23.7 Å². The number of amides is 2. The van der Waals surface area contributed by atoms with Gasteiger partial charge < -0.3 is 16.4 Å². The van der Waals surface area contributed by atoms with Crippen molar-refractivity contribution >= 4 is 29.9 Å². The van der Waals surface area contributed by atoms with E-state index in [1.165, 1.54) is 24.3 Å². The molecule has 0 saturated heterocycles. The first kappa shape index (κ1) is 21.6. The van der Waals surface area contributed by atoms with Crippen LogP contribution in [-0.4, -0.2) is 17.9 Å². The Morgan fingerprint density at radius 2 is 1.62 bits per heavy atom. The quantitative estimate of drug-likeness (QED) is 0.719. The molecular formula is C19H23ClFN3O2. The molecule has 0 radical (unpaired) electrons. The van der Waals surface area contributed by atoms with E-state index in [4.69, 9.17) is 5.73 Å². The van der Waals surface area contributed by atoms with Gasteiger partial charge in [-0.1, -0.05) is 12.1 Å². The van der Waals surface area contributed by atoms with Crippen molar-refractivity contribution in [2.24, 2.45) is 5.73 Å². The molecule has 2 unspecified atom stereocenters. The maximum absolute atomic E-state index is 12.9. The first-order valence-corrected chi connectivity index (χ1v) is 8.07. The number of carbonyl (C=O) groups is 2. The molecule has 0 fully saturated rings. The number of anilines is 1. The highest BCUT2D eigenvalue weighted by atomic mass is 35.5. The van der Waals surface area contributed by atoms with Gasteiger partial charge in [0.05, 0.1) is 6.04 Å². The van der Waals surface area contributed by atoms with Crippen molar-refractivity contribution < 1.29 is 14.0 Å². The summed E-state index contributed by atoms with van der Waals surface area (Å²) in [6.45, 7) is 3.66. The van der Waals surface area contributed by atoms with E-state index in [-0.39, 0.29) is 48.5 Å². The van der Waals surface area contributed by atoms with Gasteiger partial charge in [0.15, 0.2) is 0 Å². The summed E-state index contributed by atoms with van der Waals surface area (Å²) in [6.07, 6.45) is 0.274. The van der Waals surface area contributed by atoms with Crippen LogP contribution in [0.2, 0.25) is 0 Å². The first-order valence-electron chi connectivity index (χ1n) is 8.07. The molecule has 2 aromatic rings. The lowest BCUT2D eigenvalue weighted by molar-refractivity contribution is -0.122. The van der Waals surface area contributed by atoms with Gasteiger partial charge in [-0.3, -0.25) is 9.59 Å². The average molecular weight is 380 g/mol. The van der Waals surface area contributed by atoms with Gasteiger partial charge in [0.25, 0.3) is 5.91 Å². The Morgan fingerprint density at radius 3 is 2.15 bits per heavy atom. The second kappa shape index (κ2) is 9.89. The molecule has 0 aliphatic carbocycles. The third-order valence-corrected chi connectivity index (χ3v) is 3.66. The lowest BCUT2D eigenvalue weighted by atomic mass is 10.1. The van der Waals surface area contributed by atoms with Gasteiger partial charge in [-0.25, -0.2) is 4.39 Å². The van der Waals surface area contributed by atoms with E-state index in [1.807, 2.05) is 19.1 Å². The number of carbonyl (C=O) groups excluding carboxylic acids is 2. The van der Waals surface area contributed by atoms with Crippen molar-refractivity contribution in [2.45, 2.75) is 32.4 Å². The monoisotopic (exact) mass is 379 g/mol. The molecule has 0 aliphatic rings. The second-order valence-corrected chi connectivity index (χ2v) is 6.05. The van der Waals surface area contributed by atoms with Crippen LogP contribution in [0, 0.1) is 5.82 Å². The van der Waals surface area contributed by atoms with Crippen LogP contribution in [0.15, 0.2) is 48.5 Å². The van der Waals surface area contributed by atoms with Crippen LogP contribution >= 0.6 is 12.4 Å². The Kier molecular flexibility index (Phi) is 8.22. The molecule has 140 valence electrons. The van der Waals surface area contributed by atoms with Crippen molar-refractivity contribution in [3.8, 4) is 0 Å². The molecule has 2 aromatic carbocycles. The third-order valence-electron chi connectivity index (χ3n) is 3.66. The molecule has 2 rings (SSSR count). The molecule has 5 nitrogen and oxygen atoms in total. The van der Waals surface area contributed by atoms with Crippen molar-refractivity contribution in [2.75, 3.05) is 5.32 Å². The fourth-order valence-electron chi connectivity index (χ4n) is 2.34. The third kappa shape index (κ3) is 6.46. The molecule has 2 atom stereocenters. The zero-order valence-corrected chi connectivity index (χ0v) is 15.5. The summed E-state index contributed by atoms with van der Waals surface area (Å²) in [4.78, 5) is 23.8. The number of nitrogens with one attached hydrogen (secondary N) is 2. The summed E-state index contributed by atoms with van der Waals surface area (Å²) >= 11 is 0. The number of hydrogen-bond acceptors (Lipinski definition) is 3. The Labute approximate surface area is 158 Å². The fourth-order valence-corrected chi connectivity index (χ4v) is 2.34. The van der Waals surface area contributed by atoms with Crippen molar-refractivity contribution in [3.63, 3.8) is 0 Å². The smallest absolute Gasteiger partial charge is 0.255 e. The molecule has 7 heteroatoms. The number of rotatable bonds is 6. The number of hydrogen-bond donors (Lipinski definition) is 3. The van der Waals surface area contributed by atoms with Gasteiger partial charge in [-0.2, -0.15) is 0 Å². The summed E-state index contributed by atoms with van der Waals surface area (Å²) in [5.74, 6) is -0.803. The van der Waals surface area contributed by atoms with E-state index in [1.54, 1.807) is 19.1 Å². The van der Waals surface area contributed by atoms with Crippen molar-refractivity contribution in [3.05, 3.63) is 65.5 Å². The van der Waals surface area contributed by atoms with E-state index in [0.29, 0.717) is 11.3 Å². The van der Waals surface area contributed by atoms with Crippen LogP contribution in [0.3, 0.4) is 0 Å². The van der Waals surface area contributed by atoms with Crippen LogP contribution in [0.5, 0.6) is 0 Å². The van der Waals surface area contributed by atoms with E-state index >= 15 is 0 Å². The largest absolute Gasteiger partial charge is 0.350 e. The van der Waals surface area contributed by atoms with Crippen LogP contribution in [0.1, 0.15) is 42.2 Å². The molecular weight excluding hydrogens is 357 g/mol. The standard InChI is InChI=1S/C19H22FN3O2.ClH/c1-12(21)11-18(24)22-13(2)14-5-9-17(10-6-14)23-19(25)15-3-7-16(20)8-4-15;/h3-10,12-13H,11,21H2,1-2H3,(H,22,24)(H,23,25);1H. The summed E-state index contributed by atoms with van der Waals surface area (Å²) in [6, 6.07) is 12.2. The number of nitrogens with two attached hydrogens (primary N) is 1. The predicted molar refractivity (Wildman–Crippen MR) is 103 cm³/mol. The van der Waals surface area contributed by atoms with Gasteiger partial charge in [-0.05, 0) is 55.8 Å². The Hall–Kier alpha value is -2.44. The highest BCUT2D eigenvalue weighted by Crippen LogP contribution is 2.17. The summed E-state index contributed by atoms with van der Waals surface area (Å²) < 4.78 is 12.9. The normalized spacial score (nSPS) is 12.5. The Bertz CT molecular complexity index is 733. The SMILES string of the molecule is CC(N)CC(=O)NC(C)c1ccc(NC(=O)c2ccc(F)cc2)cc1.Cl. The minimum Gasteiger partial charge on any atom is -0.350 e. The van der Waals surface area contributed by atoms with E-state index < -0.39 is 0 Å². The van der Waals surface area contributed by atoms with Crippen molar-refractivity contribution in [1.29, 1.82) is 0 Å². The molecule has 0 spiro atoms. The molecule has 0 aromatic heterocycles. The highest BCUT2D eigenvalue weighted by molar-refractivity contribution is 6.04. The summed E-state index contributed by atoms with van der Waals surface area (Å²) in [5, 5.41) is 5.62. The maximum atomic E-state index is 12.9. The molecule has 4 N–H and O–H groups in total. The molecule has 0 aliphatic heterocycles. The number of benzene rings is 2. The lowest BCUT2D eigenvalue weighted by Crippen LogP contribution is -2.31. The maximum Gasteiger partial charge on any atom is 0.255 e. The minimum absolute atomic E-state index is 0. The summed E-state index contributed by atoms with van der Waals surface area (Å²) in [5.41, 5.74) is 7.52. The van der Waals surface area contributed by atoms with E-state index in [2.05, 4.69) is 10.6 Å². The van der Waals surface area contributed by atoms with Crippen molar-refractivity contribution in [1.82, 2.24) is 5.32 Å². The Morgan fingerprint density at radius 1 is 1.04 bits per heavy atom. The van der Waals surface area contributed by atoms with Gasteiger partial charge in [0.2, 0.25) is 5.91 Å². The van der Waals surface area contributed by atoms with Gasteiger partial charge >= 0.3 is 0 Å². The lowest BCUT2D eigenvalue weighted by Gasteiger charge is -2.16. The van der Waals surface area contributed by atoms with Crippen LogP contribution in [0.25, 0.3) is 0 Å². The topological polar surface area (TPSA) is 84.2 Å². The van der Waals surface area contributed by atoms with E-state index in [9.17, 15) is 14.0 Å². The van der Waals surface area contributed by atoms with Gasteiger partial charge in [-0.15, -0.1) is 12.4 Å². The molecule has 2 amide bonds. The molecule has 0 heterocycles. The zero-order chi connectivity index (χ0) is 18.4. The molecule has 26 heavy (non-hydrogen) atoms. The molecule has 0 bridgehead atoms. The predicted octanol–water partition coefficient (Wildman–Crippen LogP) is 3.41. The molecule has 0 saturated carbocycles. The Balaban J connectivity index is 0.00000338. The average Bonchev–Trinajstić information content (AvgIpc) is 2.55. The highest BCUT2D eigenvalue weighted by Gasteiger charge is 2.11. The zero-order valence-electron chi connectivity index (χ0n) is 14.7. The van der Waals surface area contributed by atoms with E-state index in [0.717, 1.165) is 5.56 Å². The van der Waals surface area contributed by atoms with Crippen LogP contribution in [-0.2, 0) is 4.79 Å². The number of halogens is 2.